The quantitative estimate of drug-likeness (QED) is 0.826. The average Bonchev–Trinajstić information content (AvgIpc) is 3.19. The lowest BCUT2D eigenvalue weighted by atomic mass is 10.1. The molecule has 0 spiro atoms. The van der Waals surface area contributed by atoms with E-state index in [1.165, 1.54) is 0 Å². The summed E-state index contributed by atoms with van der Waals surface area (Å²) >= 11 is 0. The van der Waals surface area contributed by atoms with Gasteiger partial charge in [0.1, 0.15) is 17.5 Å². The van der Waals surface area contributed by atoms with E-state index >= 15 is 0 Å². The Morgan fingerprint density at radius 1 is 1.00 bits per heavy atom. The minimum atomic E-state index is -0.542. The Labute approximate surface area is 164 Å². The molecule has 2 N–H and O–H groups in total. The monoisotopic (exact) mass is 383 g/mol. The molecule has 0 bridgehead atoms. The first kappa shape index (κ1) is 19.5. The Morgan fingerprint density at radius 3 is 2.46 bits per heavy atom. The number of nitrogens with zero attached hydrogens (tertiary/aromatic N) is 1. The number of carbonyl (C=O) groups excluding carboxylic acids is 2. The van der Waals surface area contributed by atoms with Gasteiger partial charge in [0.25, 0.3) is 0 Å². The van der Waals surface area contributed by atoms with Crippen LogP contribution in [0.1, 0.15) is 18.4 Å². The lowest BCUT2D eigenvalue weighted by molar-refractivity contribution is -0.119. The summed E-state index contributed by atoms with van der Waals surface area (Å²) in [7, 11) is 3.11. The van der Waals surface area contributed by atoms with Crippen LogP contribution in [0.3, 0.4) is 0 Å². The van der Waals surface area contributed by atoms with E-state index < -0.39 is 6.04 Å². The lowest BCUT2D eigenvalue weighted by Crippen LogP contribution is -2.45. The van der Waals surface area contributed by atoms with Crippen LogP contribution in [0.4, 0.5) is 16.2 Å². The number of nitrogens with one attached hydrogen (secondary N) is 2. The predicted molar refractivity (Wildman–Crippen MR) is 108 cm³/mol. The number of amides is 3. The number of hydrogen-bond donors (Lipinski definition) is 2. The van der Waals surface area contributed by atoms with Gasteiger partial charge in [0.05, 0.1) is 25.6 Å². The van der Waals surface area contributed by atoms with Gasteiger partial charge in [-0.15, -0.1) is 0 Å². The first-order chi connectivity index (χ1) is 13.5. The van der Waals surface area contributed by atoms with E-state index in [4.69, 9.17) is 9.47 Å². The van der Waals surface area contributed by atoms with Crippen LogP contribution < -0.4 is 20.1 Å². The zero-order valence-corrected chi connectivity index (χ0v) is 16.3. The SMILES string of the molecule is COc1ccc(C)cc1NC(=O)[C@H]1CCCN1C(=O)Nc1ccccc1OC. The molecule has 0 unspecified atom stereocenters. The maximum absolute atomic E-state index is 12.9. The Balaban J connectivity index is 1.72. The number of para-hydroxylation sites is 2. The van der Waals surface area contributed by atoms with Gasteiger partial charge in [-0.3, -0.25) is 4.79 Å². The van der Waals surface area contributed by atoms with Crippen LogP contribution in [-0.2, 0) is 4.79 Å². The molecule has 0 saturated carbocycles. The fourth-order valence-electron chi connectivity index (χ4n) is 3.35. The number of anilines is 2. The molecule has 1 fully saturated rings. The van der Waals surface area contributed by atoms with E-state index in [2.05, 4.69) is 10.6 Å². The predicted octanol–water partition coefficient (Wildman–Crippen LogP) is 3.65. The van der Waals surface area contributed by atoms with Crippen molar-refractivity contribution in [2.75, 3.05) is 31.4 Å². The highest BCUT2D eigenvalue weighted by atomic mass is 16.5. The highest BCUT2D eigenvalue weighted by Crippen LogP contribution is 2.28. The van der Waals surface area contributed by atoms with Crippen LogP contribution in [-0.4, -0.2) is 43.6 Å². The molecular formula is C21H25N3O4. The van der Waals surface area contributed by atoms with E-state index in [1.807, 2.05) is 37.3 Å². The zero-order valence-electron chi connectivity index (χ0n) is 16.3. The molecule has 0 aliphatic carbocycles. The van der Waals surface area contributed by atoms with Crippen molar-refractivity contribution in [3.05, 3.63) is 48.0 Å². The van der Waals surface area contributed by atoms with Crippen molar-refractivity contribution in [1.82, 2.24) is 4.90 Å². The molecule has 1 heterocycles. The molecule has 3 amide bonds. The number of urea groups is 1. The van der Waals surface area contributed by atoms with Gasteiger partial charge in [0, 0.05) is 6.54 Å². The molecule has 1 aliphatic heterocycles. The smallest absolute Gasteiger partial charge is 0.322 e. The van der Waals surface area contributed by atoms with E-state index in [0.29, 0.717) is 35.8 Å². The van der Waals surface area contributed by atoms with Gasteiger partial charge in [-0.1, -0.05) is 18.2 Å². The number of carbonyl (C=O) groups is 2. The molecule has 1 aliphatic rings. The summed E-state index contributed by atoms with van der Waals surface area (Å²) in [5, 5.41) is 5.75. The average molecular weight is 383 g/mol. The molecule has 1 saturated heterocycles. The molecule has 7 nitrogen and oxygen atoms in total. The summed E-state index contributed by atoms with van der Waals surface area (Å²) in [4.78, 5) is 27.2. The van der Waals surface area contributed by atoms with Crippen LogP contribution in [0, 0.1) is 6.92 Å². The molecule has 1 atom stereocenters. The fraction of sp³-hybridized carbons (Fsp3) is 0.333. The molecule has 0 aromatic heterocycles. The van der Waals surface area contributed by atoms with Crippen molar-refractivity contribution in [1.29, 1.82) is 0 Å². The third-order valence-corrected chi connectivity index (χ3v) is 4.78. The van der Waals surface area contributed by atoms with Gasteiger partial charge in [-0.05, 0) is 49.6 Å². The summed E-state index contributed by atoms with van der Waals surface area (Å²) in [6.07, 6.45) is 1.38. The van der Waals surface area contributed by atoms with Crippen molar-refractivity contribution in [3.63, 3.8) is 0 Å². The van der Waals surface area contributed by atoms with Crippen molar-refractivity contribution in [2.24, 2.45) is 0 Å². The van der Waals surface area contributed by atoms with Gasteiger partial charge < -0.3 is 25.0 Å². The van der Waals surface area contributed by atoms with Gasteiger partial charge in [-0.25, -0.2) is 4.79 Å². The van der Waals surface area contributed by atoms with Gasteiger partial charge in [0.15, 0.2) is 0 Å². The number of rotatable bonds is 5. The van der Waals surface area contributed by atoms with Crippen molar-refractivity contribution < 1.29 is 19.1 Å². The van der Waals surface area contributed by atoms with E-state index in [-0.39, 0.29) is 11.9 Å². The third kappa shape index (κ3) is 4.19. The summed E-state index contributed by atoms with van der Waals surface area (Å²) in [5.41, 5.74) is 2.18. The maximum atomic E-state index is 12.9. The number of aryl methyl sites for hydroxylation is 1. The van der Waals surface area contributed by atoms with Crippen molar-refractivity contribution in [2.45, 2.75) is 25.8 Å². The number of likely N-dealkylation sites (tertiary alicyclic amines) is 1. The zero-order chi connectivity index (χ0) is 20.1. The molecule has 2 aromatic carbocycles. The summed E-state index contributed by atoms with van der Waals surface area (Å²) in [6.45, 7) is 2.46. The molecule has 28 heavy (non-hydrogen) atoms. The van der Waals surface area contributed by atoms with E-state index in [0.717, 1.165) is 12.0 Å². The second-order valence-corrected chi connectivity index (χ2v) is 6.67. The molecule has 7 heteroatoms. The third-order valence-electron chi connectivity index (χ3n) is 4.78. The Hall–Kier alpha value is -3.22. The van der Waals surface area contributed by atoms with E-state index in [9.17, 15) is 9.59 Å². The topological polar surface area (TPSA) is 79.9 Å². The van der Waals surface area contributed by atoms with Crippen LogP contribution in [0.25, 0.3) is 0 Å². The lowest BCUT2D eigenvalue weighted by Gasteiger charge is -2.25. The number of hydrogen-bond acceptors (Lipinski definition) is 4. The maximum Gasteiger partial charge on any atom is 0.322 e. The van der Waals surface area contributed by atoms with Crippen LogP contribution in [0.15, 0.2) is 42.5 Å². The van der Waals surface area contributed by atoms with E-state index in [1.54, 1.807) is 31.3 Å². The Bertz CT molecular complexity index is 868. The van der Waals surface area contributed by atoms with Crippen molar-refractivity contribution in [3.8, 4) is 11.5 Å². The van der Waals surface area contributed by atoms with Crippen LogP contribution in [0.2, 0.25) is 0 Å². The standard InChI is InChI=1S/C21H25N3O4/c1-14-10-11-19(28-3)16(13-14)22-20(25)17-8-6-12-24(17)21(26)23-15-7-4-5-9-18(15)27-2/h4-5,7,9-11,13,17H,6,8,12H2,1-3H3,(H,22,25)(H,23,26)/t17-/m1/s1. The normalized spacial score (nSPS) is 15.8. The van der Waals surface area contributed by atoms with Gasteiger partial charge >= 0.3 is 6.03 Å². The minimum Gasteiger partial charge on any atom is -0.495 e. The van der Waals surface area contributed by atoms with Gasteiger partial charge in [-0.2, -0.15) is 0 Å². The van der Waals surface area contributed by atoms with Crippen LogP contribution >= 0.6 is 0 Å². The molecule has 0 radical (unpaired) electrons. The highest BCUT2D eigenvalue weighted by molar-refractivity contribution is 6.00. The van der Waals surface area contributed by atoms with Crippen molar-refractivity contribution >= 4 is 23.3 Å². The number of ether oxygens (including phenoxy) is 2. The molecule has 2 aromatic rings. The first-order valence-electron chi connectivity index (χ1n) is 9.19. The molecular weight excluding hydrogens is 358 g/mol. The first-order valence-corrected chi connectivity index (χ1v) is 9.19. The summed E-state index contributed by atoms with van der Waals surface area (Å²) in [6, 6.07) is 11.9. The fourth-order valence-corrected chi connectivity index (χ4v) is 3.35. The summed E-state index contributed by atoms with van der Waals surface area (Å²) in [5.74, 6) is 0.930. The largest absolute Gasteiger partial charge is 0.495 e. The number of methoxy groups -OCH3 is 2. The Morgan fingerprint density at radius 2 is 1.71 bits per heavy atom. The second-order valence-electron chi connectivity index (χ2n) is 6.67. The molecule has 148 valence electrons. The number of benzene rings is 2. The van der Waals surface area contributed by atoms with Gasteiger partial charge in [0.2, 0.25) is 5.91 Å². The minimum absolute atomic E-state index is 0.225. The van der Waals surface area contributed by atoms with Crippen LogP contribution in [0.5, 0.6) is 11.5 Å². The highest BCUT2D eigenvalue weighted by Gasteiger charge is 2.34. The second kappa shape index (κ2) is 8.65. The Kier molecular flexibility index (Phi) is 6.03. The summed E-state index contributed by atoms with van der Waals surface area (Å²) < 4.78 is 10.6. The molecule has 3 rings (SSSR count).